The third kappa shape index (κ3) is 5.43. The van der Waals surface area contributed by atoms with Crippen molar-refractivity contribution < 1.29 is 14.6 Å². The van der Waals surface area contributed by atoms with Crippen molar-refractivity contribution in [2.75, 3.05) is 26.4 Å². The Kier molecular flexibility index (Phi) is 7.41. The smallest absolute Gasteiger partial charge is 0.251 e. The van der Waals surface area contributed by atoms with Gasteiger partial charge in [0.05, 0.1) is 13.2 Å². The Hall–Kier alpha value is -1.83. The first kappa shape index (κ1) is 16.2. The van der Waals surface area contributed by atoms with Gasteiger partial charge in [0.15, 0.2) is 0 Å². The summed E-state index contributed by atoms with van der Waals surface area (Å²) >= 11 is 0. The van der Waals surface area contributed by atoms with Crippen molar-refractivity contribution in [1.29, 1.82) is 0 Å². The summed E-state index contributed by atoms with van der Waals surface area (Å²) in [6.07, 6.45) is 0.435. The number of ether oxygens (including phenoxy) is 1. The zero-order valence-electron chi connectivity index (χ0n) is 12.0. The molecule has 0 atom stereocenters. The maximum absolute atomic E-state index is 11.9. The van der Waals surface area contributed by atoms with Gasteiger partial charge in [-0.3, -0.25) is 4.79 Å². The molecule has 0 spiro atoms. The normalized spacial score (nSPS) is 9.75. The lowest BCUT2D eigenvalue weighted by Gasteiger charge is -2.07. The van der Waals surface area contributed by atoms with Gasteiger partial charge < -0.3 is 15.2 Å². The van der Waals surface area contributed by atoms with Gasteiger partial charge in [0.2, 0.25) is 0 Å². The van der Waals surface area contributed by atoms with E-state index in [2.05, 4.69) is 17.2 Å². The van der Waals surface area contributed by atoms with E-state index in [1.54, 1.807) is 12.1 Å². The first-order valence-corrected chi connectivity index (χ1v) is 6.75. The standard InChI is InChI=1S/C16H21NO3/c1-3-20-11-9-17-16(19)15-8-7-13(2)14(12-15)6-4-5-10-18/h7-8,12,18H,3,5,9-11H2,1-2H3,(H,17,19). The van der Waals surface area contributed by atoms with Crippen LogP contribution in [0.25, 0.3) is 0 Å². The number of carbonyl (C=O) groups excluding carboxylic acids is 1. The van der Waals surface area contributed by atoms with E-state index in [1.165, 1.54) is 0 Å². The monoisotopic (exact) mass is 275 g/mol. The van der Waals surface area contributed by atoms with Crippen molar-refractivity contribution in [2.45, 2.75) is 20.3 Å². The molecule has 2 N–H and O–H groups in total. The number of hydrogen-bond donors (Lipinski definition) is 2. The topological polar surface area (TPSA) is 58.6 Å². The van der Waals surface area contributed by atoms with Crippen molar-refractivity contribution in [1.82, 2.24) is 5.32 Å². The fourth-order valence-electron chi connectivity index (χ4n) is 1.59. The molecule has 4 nitrogen and oxygen atoms in total. The van der Waals surface area contributed by atoms with Gasteiger partial charge in [-0.2, -0.15) is 0 Å². The van der Waals surface area contributed by atoms with Gasteiger partial charge in [0.1, 0.15) is 0 Å². The molecule has 0 aliphatic rings. The molecule has 0 saturated heterocycles. The van der Waals surface area contributed by atoms with Crippen LogP contribution in [0.2, 0.25) is 0 Å². The van der Waals surface area contributed by atoms with Gasteiger partial charge in [-0.05, 0) is 31.5 Å². The van der Waals surface area contributed by atoms with Crippen molar-refractivity contribution in [3.8, 4) is 11.8 Å². The van der Waals surface area contributed by atoms with E-state index in [1.807, 2.05) is 19.9 Å². The highest BCUT2D eigenvalue weighted by molar-refractivity contribution is 5.94. The highest BCUT2D eigenvalue weighted by atomic mass is 16.5. The Labute approximate surface area is 120 Å². The molecule has 108 valence electrons. The molecule has 0 saturated carbocycles. The summed E-state index contributed by atoms with van der Waals surface area (Å²) in [4.78, 5) is 11.9. The van der Waals surface area contributed by atoms with Gasteiger partial charge in [-0.15, -0.1) is 0 Å². The van der Waals surface area contributed by atoms with Gasteiger partial charge in [-0.1, -0.05) is 17.9 Å². The zero-order valence-corrected chi connectivity index (χ0v) is 12.0. The molecule has 0 aliphatic carbocycles. The van der Waals surface area contributed by atoms with E-state index in [9.17, 15) is 4.79 Å². The average Bonchev–Trinajstić information content (AvgIpc) is 2.45. The molecular weight excluding hydrogens is 254 g/mol. The molecule has 0 unspecified atom stereocenters. The molecule has 1 aromatic carbocycles. The quantitative estimate of drug-likeness (QED) is 0.611. The highest BCUT2D eigenvalue weighted by Crippen LogP contribution is 2.10. The molecule has 0 heterocycles. The van der Waals surface area contributed by atoms with E-state index < -0.39 is 0 Å². The molecule has 0 radical (unpaired) electrons. The lowest BCUT2D eigenvalue weighted by atomic mass is 10.0. The molecule has 1 amide bonds. The maximum Gasteiger partial charge on any atom is 0.251 e. The Morgan fingerprint density at radius 2 is 2.25 bits per heavy atom. The van der Waals surface area contributed by atoms with Crippen LogP contribution in [0.15, 0.2) is 18.2 Å². The van der Waals surface area contributed by atoms with E-state index in [-0.39, 0.29) is 12.5 Å². The van der Waals surface area contributed by atoms with E-state index >= 15 is 0 Å². The largest absolute Gasteiger partial charge is 0.395 e. The number of nitrogens with one attached hydrogen (secondary N) is 1. The van der Waals surface area contributed by atoms with Gasteiger partial charge >= 0.3 is 0 Å². The Balaban J connectivity index is 2.69. The number of aliphatic hydroxyl groups excluding tert-OH is 1. The minimum absolute atomic E-state index is 0.0453. The van der Waals surface area contributed by atoms with Gasteiger partial charge in [-0.25, -0.2) is 0 Å². The summed E-state index contributed by atoms with van der Waals surface area (Å²) in [5, 5.41) is 11.5. The third-order valence-electron chi connectivity index (χ3n) is 2.70. The second-order valence-electron chi connectivity index (χ2n) is 4.26. The molecular formula is C16H21NO3. The summed E-state index contributed by atoms with van der Waals surface area (Å²) in [5.41, 5.74) is 2.41. The van der Waals surface area contributed by atoms with Gasteiger partial charge in [0, 0.05) is 30.7 Å². The highest BCUT2D eigenvalue weighted by Gasteiger charge is 2.06. The third-order valence-corrected chi connectivity index (χ3v) is 2.70. The molecule has 0 aliphatic heterocycles. The molecule has 4 heteroatoms. The molecule has 1 aromatic rings. The van der Waals surface area contributed by atoms with E-state index in [0.717, 1.165) is 11.1 Å². The first-order chi connectivity index (χ1) is 9.69. The van der Waals surface area contributed by atoms with Crippen molar-refractivity contribution in [3.05, 3.63) is 34.9 Å². The fraction of sp³-hybridized carbons (Fsp3) is 0.438. The number of aliphatic hydroxyl groups is 1. The molecule has 20 heavy (non-hydrogen) atoms. The number of hydrogen-bond acceptors (Lipinski definition) is 3. The predicted octanol–water partition coefficient (Wildman–Crippen LogP) is 1.50. The van der Waals surface area contributed by atoms with Crippen molar-refractivity contribution in [2.24, 2.45) is 0 Å². The first-order valence-electron chi connectivity index (χ1n) is 6.75. The van der Waals surface area contributed by atoms with Crippen LogP contribution in [0.4, 0.5) is 0 Å². The lowest BCUT2D eigenvalue weighted by molar-refractivity contribution is 0.0922. The molecule has 0 aromatic heterocycles. The summed E-state index contributed by atoms with van der Waals surface area (Å²) < 4.78 is 5.17. The second-order valence-corrected chi connectivity index (χ2v) is 4.26. The van der Waals surface area contributed by atoms with Crippen LogP contribution in [-0.4, -0.2) is 37.4 Å². The van der Waals surface area contributed by atoms with Crippen molar-refractivity contribution >= 4 is 5.91 Å². The van der Waals surface area contributed by atoms with Crippen LogP contribution in [0.5, 0.6) is 0 Å². The number of amides is 1. The Morgan fingerprint density at radius 1 is 1.45 bits per heavy atom. The number of carbonyl (C=O) groups is 1. The van der Waals surface area contributed by atoms with Crippen LogP contribution < -0.4 is 5.32 Å². The van der Waals surface area contributed by atoms with Gasteiger partial charge in [0.25, 0.3) is 5.91 Å². The predicted molar refractivity (Wildman–Crippen MR) is 78.6 cm³/mol. The van der Waals surface area contributed by atoms with Crippen LogP contribution in [-0.2, 0) is 4.74 Å². The van der Waals surface area contributed by atoms with E-state index in [4.69, 9.17) is 9.84 Å². The van der Waals surface area contributed by atoms with Crippen LogP contribution in [0.1, 0.15) is 34.8 Å². The van der Waals surface area contributed by atoms with Crippen LogP contribution in [0.3, 0.4) is 0 Å². The summed E-state index contributed by atoms with van der Waals surface area (Å²) in [6.45, 7) is 5.55. The SMILES string of the molecule is CCOCCNC(=O)c1ccc(C)c(C#CCCO)c1. The summed E-state index contributed by atoms with van der Waals surface area (Å²) in [5.74, 6) is 5.71. The fourth-order valence-corrected chi connectivity index (χ4v) is 1.59. The van der Waals surface area contributed by atoms with Crippen LogP contribution >= 0.6 is 0 Å². The second kappa shape index (κ2) is 9.13. The maximum atomic E-state index is 11.9. The number of aryl methyl sites for hydroxylation is 1. The minimum atomic E-state index is -0.130. The average molecular weight is 275 g/mol. The van der Waals surface area contributed by atoms with Crippen molar-refractivity contribution in [3.63, 3.8) is 0 Å². The Bertz CT molecular complexity index is 500. The summed E-state index contributed by atoms with van der Waals surface area (Å²) in [6, 6.07) is 5.43. The number of benzene rings is 1. The molecule has 0 fully saturated rings. The Morgan fingerprint density at radius 3 is 2.95 bits per heavy atom. The minimum Gasteiger partial charge on any atom is -0.395 e. The lowest BCUT2D eigenvalue weighted by Crippen LogP contribution is -2.27. The molecule has 0 bridgehead atoms. The number of rotatable bonds is 6. The zero-order chi connectivity index (χ0) is 14.8. The molecule has 1 rings (SSSR count). The van der Waals surface area contributed by atoms with E-state index in [0.29, 0.717) is 31.7 Å². The van der Waals surface area contributed by atoms with Crippen LogP contribution in [0, 0.1) is 18.8 Å². The summed E-state index contributed by atoms with van der Waals surface area (Å²) in [7, 11) is 0.